The van der Waals surface area contributed by atoms with Crippen molar-refractivity contribution in [3.8, 4) is 0 Å². The number of rotatable bonds is 2. The lowest BCUT2D eigenvalue weighted by Gasteiger charge is -2.41. The van der Waals surface area contributed by atoms with Gasteiger partial charge in [-0.25, -0.2) is 8.78 Å². The van der Waals surface area contributed by atoms with Gasteiger partial charge in [0, 0.05) is 11.6 Å². The minimum absolute atomic E-state index is 0.310. The molecule has 0 atom stereocenters. The van der Waals surface area contributed by atoms with Gasteiger partial charge in [-0.15, -0.1) is 0 Å². The predicted molar refractivity (Wildman–Crippen MR) is 69.2 cm³/mol. The van der Waals surface area contributed by atoms with E-state index in [1.54, 1.807) is 0 Å². The van der Waals surface area contributed by atoms with Gasteiger partial charge in [0.2, 0.25) is 0 Å². The first-order valence-corrected chi connectivity index (χ1v) is 6.52. The molecule has 1 nitrogen and oxygen atoms in total. The number of halogens is 2. The molecule has 2 N–H and O–H groups in total. The van der Waals surface area contributed by atoms with E-state index >= 15 is 0 Å². The second-order valence-corrected chi connectivity index (χ2v) is 6.48. The Balaban J connectivity index is 2.09. The maximum atomic E-state index is 13.1. The van der Waals surface area contributed by atoms with E-state index in [4.69, 9.17) is 5.73 Å². The van der Waals surface area contributed by atoms with Gasteiger partial charge in [0.25, 0.3) is 0 Å². The highest BCUT2D eigenvalue weighted by Crippen LogP contribution is 2.40. The molecule has 18 heavy (non-hydrogen) atoms. The van der Waals surface area contributed by atoms with E-state index in [2.05, 4.69) is 13.8 Å². The first-order chi connectivity index (χ1) is 8.28. The van der Waals surface area contributed by atoms with Gasteiger partial charge in [0.05, 0.1) is 0 Å². The Bertz CT molecular complexity index is 410. The fraction of sp³-hybridized carbons (Fsp3) is 0.600. The normalized spacial score (nSPS) is 21.8. The van der Waals surface area contributed by atoms with E-state index in [0.29, 0.717) is 17.4 Å². The van der Waals surface area contributed by atoms with Gasteiger partial charge in [-0.05, 0) is 55.2 Å². The molecule has 0 aromatic heterocycles. The van der Waals surface area contributed by atoms with Crippen LogP contribution >= 0.6 is 0 Å². The fourth-order valence-electron chi connectivity index (χ4n) is 2.72. The molecule has 0 aliphatic heterocycles. The summed E-state index contributed by atoms with van der Waals surface area (Å²) < 4.78 is 26.3. The Labute approximate surface area is 107 Å². The molecule has 0 heterocycles. The predicted octanol–water partition coefficient (Wildman–Crippen LogP) is 3.81. The molecule has 3 heteroatoms. The van der Waals surface area contributed by atoms with Crippen molar-refractivity contribution in [2.24, 2.45) is 11.1 Å². The van der Waals surface area contributed by atoms with Crippen molar-refractivity contribution in [2.75, 3.05) is 0 Å². The third kappa shape index (κ3) is 3.29. The Kier molecular flexibility index (Phi) is 3.45. The van der Waals surface area contributed by atoms with Crippen LogP contribution in [0.2, 0.25) is 0 Å². The number of hydrogen-bond acceptors (Lipinski definition) is 1. The standard InChI is InChI=1S/C15H21F2N/c1-14(2)3-5-15(18,6-4-14)10-11-7-12(16)9-13(17)8-11/h7-9H,3-6,10,18H2,1-2H3. The molecule has 1 aromatic carbocycles. The van der Waals surface area contributed by atoms with Crippen molar-refractivity contribution in [3.05, 3.63) is 35.4 Å². The van der Waals surface area contributed by atoms with Crippen LogP contribution in [0.25, 0.3) is 0 Å². The maximum Gasteiger partial charge on any atom is 0.126 e. The zero-order chi connectivity index (χ0) is 13.4. The monoisotopic (exact) mass is 253 g/mol. The van der Waals surface area contributed by atoms with Crippen molar-refractivity contribution in [1.29, 1.82) is 0 Å². The van der Waals surface area contributed by atoms with E-state index < -0.39 is 11.6 Å². The number of hydrogen-bond donors (Lipinski definition) is 1. The Morgan fingerprint density at radius 3 is 2.00 bits per heavy atom. The Hall–Kier alpha value is -0.960. The molecule has 1 aliphatic rings. The molecule has 1 aliphatic carbocycles. The molecular weight excluding hydrogens is 232 g/mol. The molecular formula is C15H21F2N. The summed E-state index contributed by atoms with van der Waals surface area (Å²) in [6, 6.07) is 3.67. The average molecular weight is 253 g/mol. The Morgan fingerprint density at radius 1 is 1.00 bits per heavy atom. The Morgan fingerprint density at radius 2 is 1.50 bits per heavy atom. The number of benzene rings is 1. The molecule has 0 amide bonds. The summed E-state index contributed by atoms with van der Waals surface area (Å²) >= 11 is 0. The lowest BCUT2D eigenvalue weighted by molar-refractivity contribution is 0.164. The molecule has 1 aromatic rings. The molecule has 0 saturated heterocycles. The van der Waals surface area contributed by atoms with Crippen molar-refractivity contribution in [1.82, 2.24) is 0 Å². The van der Waals surface area contributed by atoms with Crippen molar-refractivity contribution < 1.29 is 8.78 Å². The topological polar surface area (TPSA) is 26.0 Å². The molecule has 1 saturated carbocycles. The highest BCUT2D eigenvalue weighted by molar-refractivity contribution is 5.20. The van der Waals surface area contributed by atoms with E-state index in [1.165, 1.54) is 12.1 Å². The molecule has 100 valence electrons. The summed E-state index contributed by atoms with van der Waals surface area (Å²) in [6.07, 6.45) is 4.52. The van der Waals surface area contributed by atoms with Gasteiger partial charge in [-0.2, -0.15) is 0 Å². The summed E-state index contributed by atoms with van der Waals surface area (Å²) in [5, 5.41) is 0. The number of nitrogens with two attached hydrogens (primary N) is 1. The van der Waals surface area contributed by atoms with Gasteiger partial charge in [-0.1, -0.05) is 13.8 Å². The highest BCUT2D eigenvalue weighted by atomic mass is 19.1. The minimum Gasteiger partial charge on any atom is -0.325 e. The molecule has 0 bridgehead atoms. The second-order valence-electron chi connectivity index (χ2n) is 6.48. The molecule has 0 unspecified atom stereocenters. The van der Waals surface area contributed by atoms with Gasteiger partial charge >= 0.3 is 0 Å². The quantitative estimate of drug-likeness (QED) is 0.852. The van der Waals surface area contributed by atoms with Crippen LogP contribution in [-0.2, 0) is 6.42 Å². The highest BCUT2D eigenvalue weighted by Gasteiger charge is 2.35. The SMILES string of the molecule is CC1(C)CCC(N)(Cc2cc(F)cc(F)c2)CC1. The van der Waals surface area contributed by atoms with Crippen LogP contribution in [0.3, 0.4) is 0 Å². The van der Waals surface area contributed by atoms with Crippen LogP contribution in [0.1, 0.15) is 45.1 Å². The van der Waals surface area contributed by atoms with E-state index in [9.17, 15) is 8.78 Å². The second kappa shape index (κ2) is 4.61. The molecule has 2 rings (SSSR count). The summed E-state index contributed by atoms with van der Waals surface area (Å²) in [5.41, 5.74) is 7.06. The van der Waals surface area contributed by atoms with E-state index in [1.807, 2.05) is 0 Å². The summed E-state index contributed by atoms with van der Waals surface area (Å²) in [6.45, 7) is 4.49. The van der Waals surface area contributed by atoms with Gasteiger partial charge in [0.1, 0.15) is 11.6 Å². The average Bonchev–Trinajstić information content (AvgIpc) is 2.22. The molecule has 0 radical (unpaired) electrons. The maximum absolute atomic E-state index is 13.1. The van der Waals surface area contributed by atoms with Crippen molar-refractivity contribution in [2.45, 2.75) is 51.5 Å². The first kappa shape index (κ1) is 13.5. The van der Waals surface area contributed by atoms with Crippen LogP contribution in [0.4, 0.5) is 8.78 Å². The minimum atomic E-state index is -0.523. The zero-order valence-electron chi connectivity index (χ0n) is 11.1. The lowest BCUT2D eigenvalue weighted by Crippen LogP contribution is -2.46. The van der Waals surface area contributed by atoms with E-state index in [-0.39, 0.29) is 5.54 Å². The van der Waals surface area contributed by atoms with Crippen molar-refractivity contribution in [3.63, 3.8) is 0 Å². The smallest absolute Gasteiger partial charge is 0.126 e. The third-order valence-electron chi connectivity index (χ3n) is 4.08. The van der Waals surface area contributed by atoms with Crippen LogP contribution in [0.5, 0.6) is 0 Å². The third-order valence-corrected chi connectivity index (χ3v) is 4.08. The summed E-state index contributed by atoms with van der Waals surface area (Å²) in [7, 11) is 0. The van der Waals surface area contributed by atoms with Crippen LogP contribution in [0.15, 0.2) is 18.2 Å². The van der Waals surface area contributed by atoms with Crippen LogP contribution in [0, 0.1) is 17.0 Å². The summed E-state index contributed by atoms with van der Waals surface area (Å²) in [5.74, 6) is -1.05. The summed E-state index contributed by atoms with van der Waals surface area (Å²) in [4.78, 5) is 0. The first-order valence-electron chi connectivity index (χ1n) is 6.52. The largest absolute Gasteiger partial charge is 0.325 e. The van der Waals surface area contributed by atoms with Gasteiger partial charge in [-0.3, -0.25) is 0 Å². The zero-order valence-corrected chi connectivity index (χ0v) is 11.1. The van der Waals surface area contributed by atoms with Crippen molar-refractivity contribution >= 4 is 0 Å². The van der Waals surface area contributed by atoms with Gasteiger partial charge in [0.15, 0.2) is 0 Å². The van der Waals surface area contributed by atoms with E-state index in [0.717, 1.165) is 31.7 Å². The van der Waals surface area contributed by atoms with Crippen LogP contribution < -0.4 is 5.73 Å². The van der Waals surface area contributed by atoms with Gasteiger partial charge < -0.3 is 5.73 Å². The fourth-order valence-corrected chi connectivity index (χ4v) is 2.72. The molecule has 0 spiro atoms. The lowest BCUT2D eigenvalue weighted by atomic mass is 9.68. The molecule has 1 fully saturated rings. The van der Waals surface area contributed by atoms with Crippen LogP contribution in [-0.4, -0.2) is 5.54 Å².